The van der Waals surface area contributed by atoms with Crippen molar-refractivity contribution in [2.45, 2.75) is 39.3 Å². The maximum absolute atomic E-state index is 13.1. The van der Waals surface area contributed by atoms with E-state index < -0.39 is 0 Å². The maximum Gasteiger partial charge on any atom is 0.255 e. The minimum Gasteiger partial charge on any atom is -0.467 e. The van der Waals surface area contributed by atoms with Gasteiger partial charge in [-0.2, -0.15) is 0 Å². The molecule has 1 fully saturated rings. The highest BCUT2D eigenvalue weighted by molar-refractivity contribution is 5.96. The van der Waals surface area contributed by atoms with Gasteiger partial charge in [-0.15, -0.1) is 0 Å². The van der Waals surface area contributed by atoms with Crippen molar-refractivity contribution < 1.29 is 18.4 Å². The summed E-state index contributed by atoms with van der Waals surface area (Å²) >= 11 is 0. The van der Waals surface area contributed by atoms with Crippen LogP contribution in [-0.2, 0) is 6.54 Å². The van der Waals surface area contributed by atoms with Crippen molar-refractivity contribution in [1.29, 1.82) is 0 Å². The SMILES string of the molecule is Cc1cc(C(=O)N2CCC(NC(=O)c3ccc(F)cc3)CC2)c(C)n1Cc1ccco1. The molecule has 1 saturated heterocycles. The fraction of sp³-hybridized carbons (Fsp3) is 0.333. The van der Waals surface area contributed by atoms with Crippen LogP contribution in [0.25, 0.3) is 0 Å². The molecule has 3 aromatic rings. The van der Waals surface area contributed by atoms with E-state index in [1.165, 1.54) is 24.3 Å². The topological polar surface area (TPSA) is 67.5 Å². The molecule has 1 N–H and O–H groups in total. The summed E-state index contributed by atoms with van der Waals surface area (Å²) in [5.41, 5.74) is 3.08. The highest BCUT2D eigenvalue weighted by Crippen LogP contribution is 2.21. The number of hydrogen-bond acceptors (Lipinski definition) is 3. The van der Waals surface area contributed by atoms with Crippen LogP contribution in [0, 0.1) is 19.7 Å². The number of benzene rings is 1. The van der Waals surface area contributed by atoms with Crippen LogP contribution in [0.3, 0.4) is 0 Å². The molecule has 2 aromatic heterocycles. The Morgan fingerprint density at radius 2 is 1.84 bits per heavy atom. The molecular formula is C24H26FN3O3. The second-order valence-electron chi connectivity index (χ2n) is 8.00. The van der Waals surface area contributed by atoms with Crippen molar-refractivity contribution in [3.05, 3.63) is 82.8 Å². The van der Waals surface area contributed by atoms with E-state index >= 15 is 0 Å². The van der Waals surface area contributed by atoms with E-state index in [2.05, 4.69) is 9.88 Å². The zero-order valence-electron chi connectivity index (χ0n) is 17.7. The molecule has 0 spiro atoms. The van der Waals surface area contributed by atoms with Gasteiger partial charge in [-0.05, 0) is 69.2 Å². The van der Waals surface area contributed by atoms with Crippen LogP contribution in [0.4, 0.5) is 4.39 Å². The number of aromatic nitrogens is 1. The van der Waals surface area contributed by atoms with Crippen LogP contribution in [-0.4, -0.2) is 40.4 Å². The quantitative estimate of drug-likeness (QED) is 0.676. The Labute approximate surface area is 180 Å². The zero-order chi connectivity index (χ0) is 22.0. The molecule has 7 heteroatoms. The smallest absolute Gasteiger partial charge is 0.255 e. The van der Waals surface area contributed by atoms with Gasteiger partial charge >= 0.3 is 0 Å². The standard InChI is InChI=1S/C24H26FN3O3/c1-16-14-22(17(2)28(16)15-21-4-3-13-31-21)24(30)27-11-9-20(10-12-27)26-23(29)18-5-7-19(25)8-6-18/h3-8,13-14,20H,9-12,15H2,1-2H3,(H,26,29). The molecule has 4 rings (SSSR count). The third kappa shape index (κ3) is 4.55. The summed E-state index contributed by atoms with van der Waals surface area (Å²) in [7, 11) is 0. The first-order valence-corrected chi connectivity index (χ1v) is 10.5. The average molecular weight is 423 g/mol. The minimum absolute atomic E-state index is 0.00649. The highest BCUT2D eigenvalue weighted by atomic mass is 19.1. The third-order valence-corrected chi connectivity index (χ3v) is 5.92. The molecule has 0 unspecified atom stereocenters. The lowest BCUT2D eigenvalue weighted by atomic mass is 10.0. The van der Waals surface area contributed by atoms with Gasteiger partial charge in [-0.3, -0.25) is 9.59 Å². The van der Waals surface area contributed by atoms with Crippen molar-refractivity contribution in [3.63, 3.8) is 0 Å². The van der Waals surface area contributed by atoms with Crippen LogP contribution in [0.1, 0.15) is 50.7 Å². The Hall–Kier alpha value is -3.35. The number of nitrogens with one attached hydrogen (secondary N) is 1. The van der Waals surface area contributed by atoms with E-state index in [0.29, 0.717) is 43.6 Å². The molecule has 6 nitrogen and oxygen atoms in total. The summed E-state index contributed by atoms with van der Waals surface area (Å²) in [6.45, 7) is 5.70. The van der Waals surface area contributed by atoms with Crippen LogP contribution in [0.5, 0.6) is 0 Å². The number of furan rings is 1. The molecule has 1 aromatic carbocycles. The Morgan fingerprint density at radius 1 is 1.13 bits per heavy atom. The largest absolute Gasteiger partial charge is 0.467 e. The third-order valence-electron chi connectivity index (χ3n) is 5.92. The average Bonchev–Trinajstić information content (AvgIpc) is 3.38. The molecule has 0 radical (unpaired) electrons. The van der Waals surface area contributed by atoms with E-state index in [9.17, 15) is 14.0 Å². The van der Waals surface area contributed by atoms with E-state index in [1.807, 2.05) is 36.9 Å². The van der Waals surface area contributed by atoms with Gasteiger partial charge in [0.15, 0.2) is 0 Å². The Morgan fingerprint density at radius 3 is 2.48 bits per heavy atom. The normalized spacial score (nSPS) is 14.6. The number of carbonyl (C=O) groups excluding carboxylic acids is 2. The van der Waals surface area contributed by atoms with E-state index in [0.717, 1.165) is 17.1 Å². The van der Waals surface area contributed by atoms with Gasteiger partial charge in [0.1, 0.15) is 11.6 Å². The highest BCUT2D eigenvalue weighted by Gasteiger charge is 2.27. The lowest BCUT2D eigenvalue weighted by molar-refractivity contribution is 0.0697. The fourth-order valence-electron chi connectivity index (χ4n) is 4.09. The number of piperidine rings is 1. The summed E-state index contributed by atoms with van der Waals surface area (Å²) in [6, 6.07) is 11.2. The number of amides is 2. The molecule has 1 aliphatic heterocycles. The molecule has 2 amide bonds. The number of rotatable bonds is 5. The number of likely N-dealkylation sites (tertiary alicyclic amines) is 1. The van der Waals surface area contributed by atoms with Gasteiger partial charge in [0.25, 0.3) is 11.8 Å². The maximum atomic E-state index is 13.1. The van der Waals surface area contributed by atoms with Crippen molar-refractivity contribution in [2.75, 3.05) is 13.1 Å². The minimum atomic E-state index is -0.369. The van der Waals surface area contributed by atoms with Gasteiger partial charge < -0.3 is 19.2 Å². The second-order valence-corrected chi connectivity index (χ2v) is 8.00. The van der Waals surface area contributed by atoms with Crippen molar-refractivity contribution in [3.8, 4) is 0 Å². The predicted octanol–water partition coefficient (Wildman–Crippen LogP) is 3.92. The molecule has 0 aliphatic carbocycles. The summed E-state index contributed by atoms with van der Waals surface area (Å²) in [6.07, 6.45) is 3.02. The van der Waals surface area contributed by atoms with Crippen molar-refractivity contribution in [2.24, 2.45) is 0 Å². The fourth-order valence-corrected chi connectivity index (χ4v) is 4.09. The van der Waals surface area contributed by atoms with Crippen molar-refractivity contribution in [1.82, 2.24) is 14.8 Å². The van der Waals surface area contributed by atoms with Gasteiger partial charge in [0.2, 0.25) is 0 Å². The number of aryl methyl sites for hydroxylation is 1. The molecule has 0 saturated carbocycles. The Bertz CT molecular complexity index is 1060. The summed E-state index contributed by atoms with van der Waals surface area (Å²) in [4.78, 5) is 27.3. The molecule has 0 bridgehead atoms. The van der Waals surface area contributed by atoms with Crippen LogP contribution in [0.2, 0.25) is 0 Å². The summed E-state index contributed by atoms with van der Waals surface area (Å²) < 4.78 is 20.6. The predicted molar refractivity (Wildman–Crippen MR) is 115 cm³/mol. The Balaban J connectivity index is 1.36. The van der Waals surface area contributed by atoms with E-state index in [4.69, 9.17) is 4.42 Å². The van der Waals surface area contributed by atoms with E-state index in [-0.39, 0.29) is 23.7 Å². The number of nitrogens with zero attached hydrogens (tertiary/aromatic N) is 2. The molecule has 162 valence electrons. The molecule has 0 atom stereocenters. The monoisotopic (exact) mass is 423 g/mol. The van der Waals surface area contributed by atoms with Gasteiger partial charge in [0.05, 0.1) is 18.4 Å². The first-order valence-electron chi connectivity index (χ1n) is 10.5. The summed E-state index contributed by atoms with van der Waals surface area (Å²) in [5, 5.41) is 2.99. The number of hydrogen-bond donors (Lipinski definition) is 1. The summed E-state index contributed by atoms with van der Waals surface area (Å²) in [5.74, 6) is 0.277. The first-order chi connectivity index (χ1) is 14.9. The lowest BCUT2D eigenvalue weighted by Crippen LogP contribution is -2.46. The van der Waals surface area contributed by atoms with Gasteiger partial charge in [0, 0.05) is 36.1 Å². The second kappa shape index (κ2) is 8.79. The Kier molecular flexibility index (Phi) is 5.93. The van der Waals surface area contributed by atoms with Gasteiger partial charge in [-0.1, -0.05) is 0 Å². The number of carbonyl (C=O) groups is 2. The van der Waals surface area contributed by atoms with Crippen molar-refractivity contribution >= 4 is 11.8 Å². The van der Waals surface area contributed by atoms with Crippen LogP contribution < -0.4 is 5.32 Å². The molecular weight excluding hydrogens is 397 g/mol. The van der Waals surface area contributed by atoms with Crippen LogP contribution in [0.15, 0.2) is 53.1 Å². The molecule has 1 aliphatic rings. The lowest BCUT2D eigenvalue weighted by Gasteiger charge is -2.32. The molecule has 31 heavy (non-hydrogen) atoms. The molecule has 3 heterocycles. The van der Waals surface area contributed by atoms with Crippen LogP contribution >= 0.6 is 0 Å². The van der Waals surface area contributed by atoms with E-state index in [1.54, 1.807) is 6.26 Å². The zero-order valence-corrected chi connectivity index (χ0v) is 17.7. The number of halogens is 1. The first kappa shape index (κ1) is 20.9. The van der Waals surface area contributed by atoms with Gasteiger partial charge in [-0.25, -0.2) is 4.39 Å².